The van der Waals surface area contributed by atoms with Gasteiger partial charge < -0.3 is 29.7 Å². The summed E-state index contributed by atoms with van der Waals surface area (Å²) < 4.78 is 41.2. The molecule has 0 aliphatic carbocycles. The van der Waals surface area contributed by atoms with Crippen molar-refractivity contribution < 1.29 is 32.6 Å². The second-order valence-corrected chi connectivity index (χ2v) is 14.6. The van der Waals surface area contributed by atoms with Gasteiger partial charge >= 0.3 is 6.03 Å². The average Bonchev–Trinajstić information content (AvgIpc) is 3.59. The summed E-state index contributed by atoms with van der Waals surface area (Å²) in [5.41, 5.74) is 1.08. The van der Waals surface area contributed by atoms with Gasteiger partial charge in [0.25, 0.3) is 15.9 Å². The molecule has 4 atom stereocenters. The Balaban J connectivity index is 1.62. The van der Waals surface area contributed by atoms with Crippen LogP contribution in [0.25, 0.3) is 0 Å². The van der Waals surface area contributed by atoms with E-state index in [1.54, 1.807) is 47.4 Å². The van der Waals surface area contributed by atoms with E-state index in [4.69, 9.17) is 9.47 Å². The number of carbonyl (C=O) groups is 2. The Bertz CT molecular complexity index is 1540. The minimum Gasteiger partial charge on any atom is -0.490 e. The highest BCUT2D eigenvalue weighted by atomic mass is 32.2. The van der Waals surface area contributed by atoms with Crippen LogP contribution in [0.15, 0.2) is 70.3 Å². The van der Waals surface area contributed by atoms with Gasteiger partial charge in [0.2, 0.25) is 0 Å². The molecule has 13 heteroatoms. The van der Waals surface area contributed by atoms with Gasteiger partial charge in [-0.25, -0.2) is 13.2 Å². The number of thiophene rings is 1. The van der Waals surface area contributed by atoms with Gasteiger partial charge in [-0.3, -0.25) is 9.52 Å². The summed E-state index contributed by atoms with van der Waals surface area (Å²) in [5.74, 6) is -0.322. The third kappa shape index (κ3) is 9.44. The van der Waals surface area contributed by atoms with Crippen molar-refractivity contribution in [1.29, 1.82) is 0 Å². The molecule has 3 N–H and O–H groups in total. The van der Waals surface area contributed by atoms with E-state index in [9.17, 15) is 23.1 Å². The number of para-hydroxylation sites is 1. The zero-order valence-electron chi connectivity index (χ0n) is 26.7. The summed E-state index contributed by atoms with van der Waals surface area (Å²) in [6.07, 6.45) is 1.67. The molecule has 1 aromatic heterocycles. The van der Waals surface area contributed by atoms with Crippen LogP contribution >= 0.6 is 11.3 Å². The predicted octanol–water partition coefficient (Wildman–Crippen LogP) is 5.51. The maximum atomic E-state index is 14.3. The van der Waals surface area contributed by atoms with Crippen LogP contribution in [0.1, 0.15) is 50.4 Å². The number of aliphatic hydroxyl groups excluding tert-OH is 1. The first-order valence-corrected chi connectivity index (χ1v) is 17.8. The fourth-order valence-electron chi connectivity index (χ4n) is 5.16. The number of hydrogen-bond acceptors (Lipinski definition) is 8. The third-order valence-electron chi connectivity index (χ3n) is 7.89. The molecule has 11 nitrogen and oxygen atoms in total. The number of rotatable bonds is 8. The normalized spacial score (nSPS) is 20.5. The van der Waals surface area contributed by atoms with E-state index in [0.717, 1.165) is 24.2 Å². The first-order chi connectivity index (χ1) is 22.0. The zero-order valence-corrected chi connectivity index (χ0v) is 28.4. The van der Waals surface area contributed by atoms with E-state index < -0.39 is 28.1 Å². The molecule has 46 heavy (non-hydrogen) atoms. The topological polar surface area (TPSA) is 138 Å². The molecule has 0 fully saturated rings. The van der Waals surface area contributed by atoms with Crippen LogP contribution in [0.2, 0.25) is 0 Å². The predicted molar refractivity (Wildman–Crippen MR) is 180 cm³/mol. The molecule has 0 saturated heterocycles. The van der Waals surface area contributed by atoms with Crippen LogP contribution in [0.5, 0.6) is 5.75 Å². The van der Waals surface area contributed by atoms with Crippen molar-refractivity contribution in [2.45, 2.75) is 62.5 Å². The van der Waals surface area contributed by atoms with Crippen LogP contribution in [0.3, 0.4) is 0 Å². The van der Waals surface area contributed by atoms with Gasteiger partial charge in [-0.2, -0.15) is 0 Å². The molecule has 2 aromatic carbocycles. The molecule has 0 saturated carbocycles. The minimum atomic E-state index is -3.85. The van der Waals surface area contributed by atoms with Crippen molar-refractivity contribution in [2.75, 3.05) is 43.4 Å². The standard InChI is InChI=1S/C33H44N4O7S2/c1-23-20-37(24(2)22-38)32(39)28-19-27(35-46(41,42)31-14-10-18-45-31)15-16-29(28)44-25(3)11-8-9-17-43-30(23)21-36(4)33(40)34-26-12-6-5-7-13-26/h5-7,10,12-16,18-19,23-25,30,35,38H,8-9,11,17,20-22H2,1-4H3,(H,34,40)/t23-,24+,25+,30-/m1/s1. The number of carbonyl (C=O) groups excluding carboxylic acids is 2. The number of ether oxygens (including phenoxy) is 2. The lowest BCUT2D eigenvalue weighted by Crippen LogP contribution is -2.48. The first-order valence-electron chi connectivity index (χ1n) is 15.5. The maximum Gasteiger partial charge on any atom is 0.321 e. The summed E-state index contributed by atoms with van der Waals surface area (Å²) in [4.78, 5) is 30.4. The van der Waals surface area contributed by atoms with Crippen molar-refractivity contribution in [1.82, 2.24) is 9.80 Å². The van der Waals surface area contributed by atoms with Gasteiger partial charge in [0, 0.05) is 44.0 Å². The van der Waals surface area contributed by atoms with Gasteiger partial charge in [-0.05, 0) is 74.9 Å². The number of benzene rings is 2. The van der Waals surface area contributed by atoms with E-state index in [0.29, 0.717) is 24.5 Å². The Labute approximate surface area is 275 Å². The number of nitrogens with one attached hydrogen (secondary N) is 2. The number of sulfonamides is 1. The van der Waals surface area contributed by atoms with Crippen LogP contribution in [-0.4, -0.2) is 86.9 Å². The highest BCUT2D eigenvalue weighted by Gasteiger charge is 2.31. The van der Waals surface area contributed by atoms with Crippen LogP contribution < -0.4 is 14.8 Å². The Kier molecular flexibility index (Phi) is 12.4. The summed E-state index contributed by atoms with van der Waals surface area (Å²) in [7, 11) is -2.15. The molecule has 250 valence electrons. The fourth-order valence-corrected chi connectivity index (χ4v) is 7.21. The smallest absolute Gasteiger partial charge is 0.321 e. The van der Waals surface area contributed by atoms with Crippen molar-refractivity contribution in [2.24, 2.45) is 5.92 Å². The molecule has 0 bridgehead atoms. The Morgan fingerprint density at radius 3 is 2.57 bits per heavy atom. The molecule has 3 amide bonds. The molecule has 3 aromatic rings. The van der Waals surface area contributed by atoms with E-state index in [1.165, 1.54) is 12.1 Å². The van der Waals surface area contributed by atoms with E-state index in [1.807, 2.05) is 44.2 Å². The van der Waals surface area contributed by atoms with E-state index in [2.05, 4.69) is 10.0 Å². The SMILES string of the molecule is C[C@@H]1CN([C@@H](C)CO)C(=O)c2cc(NS(=O)(=O)c3cccs3)ccc2O[C@@H](C)CCCCO[C@@H]1CN(C)C(=O)Nc1ccccc1. The second-order valence-electron chi connectivity index (χ2n) is 11.7. The minimum absolute atomic E-state index is 0.154. The lowest BCUT2D eigenvalue weighted by Gasteiger charge is -2.35. The highest BCUT2D eigenvalue weighted by Crippen LogP contribution is 2.30. The van der Waals surface area contributed by atoms with Crippen LogP contribution in [0, 0.1) is 5.92 Å². The van der Waals surface area contributed by atoms with Gasteiger partial charge in [-0.15, -0.1) is 11.3 Å². The molecular weight excluding hydrogens is 629 g/mol. The summed E-state index contributed by atoms with van der Waals surface area (Å²) in [6.45, 7) is 6.29. The van der Waals surface area contributed by atoms with Gasteiger partial charge in [0.15, 0.2) is 0 Å². The average molecular weight is 673 g/mol. The molecule has 1 aliphatic rings. The Morgan fingerprint density at radius 1 is 1.11 bits per heavy atom. The van der Waals surface area contributed by atoms with Gasteiger partial charge in [0.05, 0.1) is 30.4 Å². The number of hydrogen-bond donors (Lipinski definition) is 3. The lowest BCUT2D eigenvalue weighted by molar-refractivity contribution is -0.0115. The largest absolute Gasteiger partial charge is 0.490 e. The van der Waals surface area contributed by atoms with E-state index >= 15 is 0 Å². The lowest BCUT2D eigenvalue weighted by atomic mass is 10.0. The first kappa shape index (κ1) is 35.2. The van der Waals surface area contributed by atoms with Gasteiger partial charge in [0.1, 0.15) is 9.96 Å². The monoisotopic (exact) mass is 672 g/mol. The van der Waals surface area contributed by atoms with Crippen LogP contribution in [-0.2, 0) is 14.8 Å². The fraction of sp³-hybridized carbons (Fsp3) is 0.455. The summed E-state index contributed by atoms with van der Waals surface area (Å²) >= 11 is 1.09. The molecule has 1 aliphatic heterocycles. The van der Waals surface area contributed by atoms with Crippen molar-refractivity contribution in [3.05, 3.63) is 71.6 Å². The molecule has 0 spiro atoms. The van der Waals surface area contributed by atoms with Gasteiger partial charge in [-0.1, -0.05) is 31.2 Å². The van der Waals surface area contributed by atoms with Crippen molar-refractivity contribution in [3.63, 3.8) is 0 Å². The number of likely N-dealkylation sites (N-methyl/N-ethyl adjacent to an activating group) is 1. The Hall–Kier alpha value is -3.65. The highest BCUT2D eigenvalue weighted by molar-refractivity contribution is 7.94. The maximum absolute atomic E-state index is 14.3. The van der Waals surface area contributed by atoms with Crippen molar-refractivity contribution >= 4 is 44.7 Å². The third-order valence-corrected chi connectivity index (χ3v) is 10.7. The Morgan fingerprint density at radius 2 is 1.87 bits per heavy atom. The zero-order chi connectivity index (χ0) is 33.3. The molecule has 0 unspecified atom stereocenters. The summed E-state index contributed by atoms with van der Waals surface area (Å²) in [6, 6.07) is 16.2. The summed E-state index contributed by atoms with van der Waals surface area (Å²) in [5, 5.41) is 14.7. The molecule has 2 heterocycles. The number of fused-ring (bicyclic) bond motifs is 1. The number of urea groups is 1. The number of aliphatic hydroxyl groups is 1. The number of nitrogens with zero attached hydrogens (tertiary/aromatic N) is 2. The van der Waals surface area contributed by atoms with Crippen LogP contribution in [0.4, 0.5) is 16.2 Å². The number of amides is 3. The quantitative estimate of drug-likeness (QED) is 0.287. The molecule has 4 rings (SSSR count). The van der Waals surface area contributed by atoms with E-state index in [-0.39, 0.29) is 53.2 Å². The van der Waals surface area contributed by atoms with Crippen molar-refractivity contribution in [3.8, 4) is 5.75 Å². The number of anilines is 2. The molecule has 0 radical (unpaired) electrons. The second kappa shape index (κ2) is 16.3. The molecular formula is C33H44N4O7S2.